The average Bonchev–Trinajstić information content (AvgIpc) is 2.27. The molecule has 0 aromatic carbocycles. The third-order valence-electron chi connectivity index (χ3n) is 2.20. The van der Waals surface area contributed by atoms with Crippen molar-refractivity contribution in [3.63, 3.8) is 0 Å². The van der Waals surface area contributed by atoms with E-state index in [4.69, 9.17) is 9.57 Å². The molecule has 5 heteroatoms. The van der Waals surface area contributed by atoms with Gasteiger partial charge >= 0.3 is 5.97 Å². The Hall–Kier alpha value is -1.10. The first-order valence-electron chi connectivity index (χ1n) is 5.58. The molecule has 1 amide bonds. The average molecular weight is 231 g/mol. The highest BCUT2D eigenvalue weighted by Crippen LogP contribution is 2.05. The van der Waals surface area contributed by atoms with E-state index in [2.05, 4.69) is 0 Å². The lowest BCUT2D eigenvalue weighted by atomic mass is 10.1. The molecule has 0 aliphatic carbocycles. The molecule has 0 bridgehead atoms. The second kappa shape index (κ2) is 9.15. The molecule has 0 saturated carbocycles. The van der Waals surface area contributed by atoms with Gasteiger partial charge in [-0.1, -0.05) is 6.42 Å². The van der Waals surface area contributed by atoms with Crippen LogP contribution in [0.2, 0.25) is 0 Å². The highest BCUT2D eigenvalue weighted by molar-refractivity contribution is 5.74. The first kappa shape index (κ1) is 14.9. The second-order valence-corrected chi connectivity index (χ2v) is 3.44. The maximum absolute atomic E-state index is 11.3. The van der Waals surface area contributed by atoms with Crippen LogP contribution in [0.5, 0.6) is 0 Å². The Morgan fingerprint density at radius 2 is 1.75 bits per heavy atom. The van der Waals surface area contributed by atoms with Crippen LogP contribution in [-0.2, 0) is 19.2 Å². The molecular weight excluding hydrogens is 210 g/mol. The van der Waals surface area contributed by atoms with Crippen molar-refractivity contribution in [2.45, 2.75) is 39.0 Å². The van der Waals surface area contributed by atoms with Crippen LogP contribution in [0, 0.1) is 0 Å². The van der Waals surface area contributed by atoms with E-state index in [1.807, 2.05) is 0 Å². The zero-order valence-corrected chi connectivity index (χ0v) is 10.3. The number of esters is 1. The molecule has 94 valence electrons. The van der Waals surface area contributed by atoms with Crippen molar-refractivity contribution in [3.8, 4) is 0 Å². The van der Waals surface area contributed by atoms with Gasteiger partial charge in [0, 0.05) is 19.9 Å². The van der Waals surface area contributed by atoms with Gasteiger partial charge in [0.15, 0.2) is 0 Å². The van der Waals surface area contributed by atoms with Crippen molar-refractivity contribution >= 4 is 11.9 Å². The van der Waals surface area contributed by atoms with Crippen molar-refractivity contribution < 1.29 is 19.2 Å². The summed E-state index contributed by atoms with van der Waals surface area (Å²) in [6.45, 7) is 2.22. The van der Waals surface area contributed by atoms with Crippen molar-refractivity contribution in [1.82, 2.24) is 5.06 Å². The normalized spacial score (nSPS) is 9.94. The Bertz CT molecular complexity index is 218. The smallest absolute Gasteiger partial charge is 0.305 e. The van der Waals surface area contributed by atoms with Crippen LogP contribution in [0.25, 0.3) is 0 Å². The number of carbonyl (C=O) groups excluding carboxylic acids is 2. The standard InChI is InChI=1S/C11H21NO4/c1-4-16-11(14)9-7-5-6-8-10(13)12(2)15-3/h4-9H2,1-3H3. The summed E-state index contributed by atoms with van der Waals surface area (Å²) in [5.74, 6) is -0.207. The number of hydroxylamine groups is 2. The van der Waals surface area contributed by atoms with Gasteiger partial charge in [0.05, 0.1) is 13.7 Å². The van der Waals surface area contributed by atoms with E-state index in [9.17, 15) is 9.59 Å². The van der Waals surface area contributed by atoms with Crippen molar-refractivity contribution in [3.05, 3.63) is 0 Å². The van der Waals surface area contributed by atoms with Gasteiger partial charge in [0.2, 0.25) is 5.91 Å². The highest BCUT2D eigenvalue weighted by Gasteiger charge is 2.07. The molecule has 0 unspecified atom stereocenters. The number of carbonyl (C=O) groups is 2. The van der Waals surface area contributed by atoms with E-state index < -0.39 is 0 Å². The fourth-order valence-electron chi connectivity index (χ4n) is 1.21. The molecule has 0 aromatic rings. The largest absolute Gasteiger partial charge is 0.466 e. The first-order chi connectivity index (χ1) is 7.61. The van der Waals surface area contributed by atoms with Gasteiger partial charge in [0.1, 0.15) is 0 Å². The minimum Gasteiger partial charge on any atom is -0.466 e. The van der Waals surface area contributed by atoms with Gasteiger partial charge in [-0.05, 0) is 19.8 Å². The van der Waals surface area contributed by atoms with Crippen molar-refractivity contribution in [2.24, 2.45) is 0 Å². The number of rotatable bonds is 8. The van der Waals surface area contributed by atoms with E-state index in [1.54, 1.807) is 14.0 Å². The van der Waals surface area contributed by atoms with E-state index in [-0.39, 0.29) is 11.9 Å². The Balaban J connectivity index is 3.40. The van der Waals surface area contributed by atoms with Gasteiger partial charge in [-0.2, -0.15) is 0 Å². The van der Waals surface area contributed by atoms with Gasteiger partial charge in [-0.3, -0.25) is 14.4 Å². The summed E-state index contributed by atoms with van der Waals surface area (Å²) in [4.78, 5) is 27.0. The number of hydrogen-bond donors (Lipinski definition) is 0. The minimum absolute atomic E-state index is 0.0429. The third kappa shape index (κ3) is 7.23. The molecule has 0 aliphatic rings. The molecule has 16 heavy (non-hydrogen) atoms. The molecule has 0 N–H and O–H groups in total. The van der Waals surface area contributed by atoms with Crippen LogP contribution in [-0.4, -0.2) is 37.7 Å². The van der Waals surface area contributed by atoms with Gasteiger partial charge in [-0.15, -0.1) is 0 Å². The Morgan fingerprint density at radius 1 is 1.12 bits per heavy atom. The predicted molar refractivity (Wildman–Crippen MR) is 59.5 cm³/mol. The summed E-state index contributed by atoms with van der Waals surface area (Å²) < 4.78 is 4.79. The van der Waals surface area contributed by atoms with E-state index >= 15 is 0 Å². The molecule has 0 aliphatic heterocycles. The molecule has 0 rings (SSSR count). The monoisotopic (exact) mass is 231 g/mol. The fraction of sp³-hybridized carbons (Fsp3) is 0.818. The predicted octanol–water partition coefficient (Wildman–Crippen LogP) is 1.52. The second-order valence-electron chi connectivity index (χ2n) is 3.44. The number of amides is 1. The maximum Gasteiger partial charge on any atom is 0.305 e. The van der Waals surface area contributed by atoms with E-state index in [0.29, 0.717) is 19.4 Å². The number of ether oxygens (including phenoxy) is 1. The van der Waals surface area contributed by atoms with Crippen LogP contribution >= 0.6 is 0 Å². The topological polar surface area (TPSA) is 55.8 Å². The van der Waals surface area contributed by atoms with Gasteiger partial charge in [0.25, 0.3) is 0 Å². The molecule has 0 saturated heterocycles. The van der Waals surface area contributed by atoms with Crippen molar-refractivity contribution in [2.75, 3.05) is 20.8 Å². The summed E-state index contributed by atoms with van der Waals surface area (Å²) in [5.41, 5.74) is 0. The first-order valence-corrected chi connectivity index (χ1v) is 5.58. The van der Waals surface area contributed by atoms with Crippen molar-refractivity contribution in [1.29, 1.82) is 0 Å². The van der Waals surface area contributed by atoms with E-state index in [0.717, 1.165) is 19.3 Å². The lowest BCUT2D eigenvalue weighted by Gasteiger charge is -2.12. The fourth-order valence-corrected chi connectivity index (χ4v) is 1.21. The molecule has 5 nitrogen and oxygen atoms in total. The van der Waals surface area contributed by atoms with Crippen LogP contribution < -0.4 is 0 Å². The zero-order valence-electron chi connectivity index (χ0n) is 10.3. The van der Waals surface area contributed by atoms with Gasteiger partial charge in [-0.25, -0.2) is 5.06 Å². The Morgan fingerprint density at radius 3 is 2.31 bits per heavy atom. The summed E-state index contributed by atoms with van der Waals surface area (Å²) in [6, 6.07) is 0. The number of hydrogen-bond acceptors (Lipinski definition) is 4. The highest BCUT2D eigenvalue weighted by atomic mass is 16.7. The zero-order chi connectivity index (χ0) is 12.4. The van der Waals surface area contributed by atoms with Gasteiger partial charge < -0.3 is 4.74 Å². The molecular formula is C11H21NO4. The SMILES string of the molecule is CCOC(=O)CCCCCC(=O)N(C)OC. The molecule has 0 spiro atoms. The van der Waals surface area contributed by atoms with Crippen LogP contribution in [0.15, 0.2) is 0 Å². The summed E-state index contributed by atoms with van der Waals surface area (Å²) in [5, 5.41) is 1.21. The minimum atomic E-state index is -0.164. The van der Waals surface area contributed by atoms with E-state index in [1.165, 1.54) is 12.2 Å². The number of unbranched alkanes of at least 4 members (excludes halogenated alkanes) is 2. The van der Waals surface area contributed by atoms with Crippen LogP contribution in [0.3, 0.4) is 0 Å². The maximum atomic E-state index is 11.3. The summed E-state index contributed by atoms with van der Waals surface area (Å²) in [7, 11) is 3.04. The molecule has 0 aromatic heterocycles. The lowest BCUT2D eigenvalue weighted by molar-refractivity contribution is -0.168. The van der Waals surface area contributed by atoms with Crippen LogP contribution in [0.1, 0.15) is 39.0 Å². The molecule has 0 radical (unpaired) electrons. The Kier molecular flexibility index (Phi) is 8.52. The summed E-state index contributed by atoms with van der Waals surface area (Å²) in [6.07, 6.45) is 3.27. The lowest BCUT2D eigenvalue weighted by Crippen LogP contribution is -2.24. The van der Waals surface area contributed by atoms with Crippen LogP contribution in [0.4, 0.5) is 0 Å². The number of nitrogens with zero attached hydrogens (tertiary/aromatic N) is 1. The summed E-state index contributed by atoms with van der Waals surface area (Å²) >= 11 is 0. The quantitative estimate of drug-likeness (QED) is 0.361. The third-order valence-corrected chi connectivity index (χ3v) is 2.20. The molecule has 0 heterocycles. The molecule has 0 atom stereocenters. The Labute approximate surface area is 96.7 Å². The molecule has 0 fully saturated rings.